The Morgan fingerprint density at radius 1 is 1.29 bits per heavy atom. The fraction of sp³-hybridized carbons (Fsp3) is 0.615. The molecule has 96 valence electrons. The summed E-state index contributed by atoms with van der Waals surface area (Å²) in [5.74, 6) is 0.266. The summed E-state index contributed by atoms with van der Waals surface area (Å²) in [6.07, 6.45) is 3.39. The van der Waals surface area contributed by atoms with Crippen LogP contribution in [0.2, 0.25) is 0 Å². The maximum absolute atomic E-state index is 9.59. The van der Waals surface area contributed by atoms with E-state index in [9.17, 15) is 5.11 Å². The van der Waals surface area contributed by atoms with Gasteiger partial charge in [-0.15, -0.1) is 0 Å². The number of aromatic nitrogens is 1. The van der Waals surface area contributed by atoms with Gasteiger partial charge in [0.2, 0.25) is 0 Å². The van der Waals surface area contributed by atoms with Crippen molar-refractivity contribution in [1.29, 1.82) is 0 Å². The highest BCUT2D eigenvalue weighted by atomic mass is 16.5. The van der Waals surface area contributed by atoms with Gasteiger partial charge in [0, 0.05) is 26.0 Å². The molecule has 4 heteroatoms. The average molecular weight is 238 g/mol. The van der Waals surface area contributed by atoms with Crippen molar-refractivity contribution >= 4 is 0 Å². The zero-order valence-corrected chi connectivity index (χ0v) is 10.7. The Morgan fingerprint density at radius 2 is 2.12 bits per heavy atom. The lowest BCUT2D eigenvalue weighted by Crippen LogP contribution is -2.16. The SMILES string of the molecule is COCCCCCNCc1nc(C)ccc1O. The third kappa shape index (κ3) is 5.65. The molecule has 0 saturated carbocycles. The number of methoxy groups -OCH3 is 1. The Morgan fingerprint density at radius 3 is 2.88 bits per heavy atom. The summed E-state index contributed by atoms with van der Waals surface area (Å²) < 4.78 is 4.98. The molecule has 1 aromatic rings. The Kier molecular flexibility index (Phi) is 6.58. The number of hydrogen-bond donors (Lipinski definition) is 2. The summed E-state index contributed by atoms with van der Waals surface area (Å²) in [7, 11) is 1.73. The van der Waals surface area contributed by atoms with Crippen LogP contribution >= 0.6 is 0 Å². The van der Waals surface area contributed by atoms with Crippen molar-refractivity contribution in [2.45, 2.75) is 32.7 Å². The number of nitrogens with one attached hydrogen (secondary N) is 1. The van der Waals surface area contributed by atoms with E-state index in [1.165, 1.54) is 0 Å². The molecule has 1 rings (SSSR count). The van der Waals surface area contributed by atoms with Crippen LogP contribution in [0.3, 0.4) is 0 Å². The van der Waals surface area contributed by atoms with Gasteiger partial charge in [-0.3, -0.25) is 4.98 Å². The van der Waals surface area contributed by atoms with E-state index >= 15 is 0 Å². The van der Waals surface area contributed by atoms with Crippen molar-refractivity contribution in [3.05, 3.63) is 23.5 Å². The largest absolute Gasteiger partial charge is 0.506 e. The lowest BCUT2D eigenvalue weighted by atomic mass is 10.2. The summed E-state index contributed by atoms with van der Waals surface area (Å²) in [5, 5.41) is 12.9. The standard InChI is InChI=1S/C13H22N2O2/c1-11-6-7-13(16)12(15-11)10-14-8-4-3-5-9-17-2/h6-7,14,16H,3-5,8-10H2,1-2H3. The quantitative estimate of drug-likeness (QED) is 0.680. The molecule has 0 amide bonds. The Hall–Kier alpha value is -1.13. The first kappa shape index (κ1) is 13.9. The van der Waals surface area contributed by atoms with E-state index in [1.807, 2.05) is 13.0 Å². The number of hydrogen-bond acceptors (Lipinski definition) is 4. The molecular formula is C13H22N2O2. The minimum atomic E-state index is 0.266. The number of aromatic hydroxyl groups is 1. The average Bonchev–Trinajstić information content (AvgIpc) is 2.32. The van der Waals surface area contributed by atoms with Gasteiger partial charge in [0.25, 0.3) is 0 Å². The lowest BCUT2D eigenvalue weighted by molar-refractivity contribution is 0.192. The van der Waals surface area contributed by atoms with Crippen LogP contribution in [0.5, 0.6) is 5.75 Å². The number of pyridine rings is 1. The van der Waals surface area contributed by atoms with Crippen LogP contribution in [0.1, 0.15) is 30.7 Å². The highest BCUT2D eigenvalue weighted by Crippen LogP contribution is 2.13. The molecule has 0 spiro atoms. The number of nitrogens with zero attached hydrogens (tertiary/aromatic N) is 1. The Balaban J connectivity index is 2.15. The van der Waals surface area contributed by atoms with Gasteiger partial charge in [0.1, 0.15) is 5.75 Å². The minimum absolute atomic E-state index is 0.266. The van der Waals surface area contributed by atoms with Crippen LogP contribution in [0, 0.1) is 6.92 Å². The van der Waals surface area contributed by atoms with Crippen LogP contribution in [0.15, 0.2) is 12.1 Å². The molecule has 0 fully saturated rings. The van der Waals surface area contributed by atoms with Crippen LogP contribution in [-0.2, 0) is 11.3 Å². The molecule has 0 aromatic carbocycles. The summed E-state index contributed by atoms with van der Waals surface area (Å²) in [6, 6.07) is 3.50. The van der Waals surface area contributed by atoms with Gasteiger partial charge in [-0.2, -0.15) is 0 Å². The predicted molar refractivity (Wildman–Crippen MR) is 68.1 cm³/mol. The second-order valence-electron chi connectivity index (χ2n) is 4.15. The molecule has 2 N–H and O–H groups in total. The maximum atomic E-state index is 9.59. The molecular weight excluding hydrogens is 216 g/mol. The van der Waals surface area contributed by atoms with E-state index in [2.05, 4.69) is 10.3 Å². The zero-order chi connectivity index (χ0) is 12.5. The molecule has 0 aliphatic rings. The summed E-state index contributed by atoms with van der Waals surface area (Å²) >= 11 is 0. The predicted octanol–water partition coefficient (Wildman–Crippen LogP) is 2.00. The van der Waals surface area contributed by atoms with Crippen molar-refractivity contribution in [3.63, 3.8) is 0 Å². The molecule has 0 aliphatic heterocycles. The molecule has 0 aliphatic carbocycles. The fourth-order valence-electron chi connectivity index (χ4n) is 1.61. The zero-order valence-electron chi connectivity index (χ0n) is 10.7. The van der Waals surface area contributed by atoms with Crippen molar-refractivity contribution in [1.82, 2.24) is 10.3 Å². The van der Waals surface area contributed by atoms with E-state index in [4.69, 9.17) is 4.74 Å². The van der Waals surface area contributed by atoms with E-state index in [1.54, 1.807) is 13.2 Å². The molecule has 1 aromatic heterocycles. The molecule has 17 heavy (non-hydrogen) atoms. The second kappa shape index (κ2) is 8.03. The van der Waals surface area contributed by atoms with Crippen LogP contribution in [0.4, 0.5) is 0 Å². The third-order valence-electron chi connectivity index (χ3n) is 2.58. The van der Waals surface area contributed by atoms with Gasteiger partial charge in [-0.05, 0) is 44.9 Å². The first-order valence-electron chi connectivity index (χ1n) is 6.09. The third-order valence-corrected chi connectivity index (χ3v) is 2.58. The second-order valence-corrected chi connectivity index (χ2v) is 4.15. The van der Waals surface area contributed by atoms with Crippen LogP contribution in [-0.4, -0.2) is 30.4 Å². The Bertz CT molecular complexity index is 329. The van der Waals surface area contributed by atoms with Gasteiger partial charge in [-0.25, -0.2) is 0 Å². The van der Waals surface area contributed by atoms with Gasteiger partial charge < -0.3 is 15.2 Å². The molecule has 4 nitrogen and oxygen atoms in total. The summed E-state index contributed by atoms with van der Waals surface area (Å²) in [5.41, 5.74) is 1.65. The van der Waals surface area contributed by atoms with E-state index in [0.29, 0.717) is 6.54 Å². The highest BCUT2D eigenvalue weighted by Gasteiger charge is 2.01. The normalized spacial score (nSPS) is 10.7. The van der Waals surface area contributed by atoms with Crippen LogP contribution < -0.4 is 5.32 Å². The van der Waals surface area contributed by atoms with Gasteiger partial charge in [0.05, 0.1) is 5.69 Å². The van der Waals surface area contributed by atoms with Crippen molar-refractivity contribution in [2.24, 2.45) is 0 Å². The van der Waals surface area contributed by atoms with Gasteiger partial charge >= 0.3 is 0 Å². The van der Waals surface area contributed by atoms with Crippen molar-refractivity contribution < 1.29 is 9.84 Å². The number of unbranched alkanes of at least 4 members (excludes halogenated alkanes) is 2. The van der Waals surface area contributed by atoms with E-state index in [0.717, 1.165) is 43.8 Å². The maximum Gasteiger partial charge on any atom is 0.138 e. The summed E-state index contributed by atoms with van der Waals surface area (Å²) in [4.78, 5) is 4.29. The molecule has 0 atom stereocenters. The smallest absolute Gasteiger partial charge is 0.138 e. The number of ether oxygens (including phenoxy) is 1. The van der Waals surface area contributed by atoms with Gasteiger partial charge in [0.15, 0.2) is 0 Å². The topological polar surface area (TPSA) is 54.4 Å². The molecule has 0 saturated heterocycles. The Labute approximate surface area is 103 Å². The minimum Gasteiger partial charge on any atom is -0.506 e. The molecule has 0 bridgehead atoms. The number of aryl methyl sites for hydroxylation is 1. The van der Waals surface area contributed by atoms with Gasteiger partial charge in [-0.1, -0.05) is 0 Å². The van der Waals surface area contributed by atoms with Crippen molar-refractivity contribution in [3.8, 4) is 5.75 Å². The van der Waals surface area contributed by atoms with Crippen molar-refractivity contribution in [2.75, 3.05) is 20.3 Å². The molecule has 0 unspecified atom stereocenters. The summed E-state index contributed by atoms with van der Waals surface area (Å²) in [6.45, 7) is 4.32. The first-order chi connectivity index (χ1) is 8.24. The number of rotatable bonds is 8. The lowest BCUT2D eigenvalue weighted by Gasteiger charge is -2.06. The molecule has 1 heterocycles. The highest BCUT2D eigenvalue weighted by molar-refractivity contribution is 5.27. The molecule has 0 radical (unpaired) electrons. The van der Waals surface area contributed by atoms with Crippen LogP contribution in [0.25, 0.3) is 0 Å². The van der Waals surface area contributed by atoms with E-state index < -0.39 is 0 Å². The fourth-order valence-corrected chi connectivity index (χ4v) is 1.61. The first-order valence-corrected chi connectivity index (χ1v) is 6.09. The van der Waals surface area contributed by atoms with E-state index in [-0.39, 0.29) is 5.75 Å². The monoisotopic (exact) mass is 238 g/mol.